The summed E-state index contributed by atoms with van der Waals surface area (Å²) in [7, 11) is 0. The highest BCUT2D eigenvalue weighted by Crippen LogP contribution is 2.39. The predicted octanol–water partition coefficient (Wildman–Crippen LogP) is 2.45. The van der Waals surface area contributed by atoms with Crippen molar-refractivity contribution >= 4 is 15.9 Å². The minimum absolute atomic E-state index is 0.208. The Kier molecular flexibility index (Phi) is 3.64. The zero-order chi connectivity index (χ0) is 13.5. The van der Waals surface area contributed by atoms with E-state index in [4.69, 9.17) is 10.5 Å². The van der Waals surface area contributed by atoms with Crippen molar-refractivity contribution in [2.75, 3.05) is 26.2 Å². The molecular weight excluding hydrogens is 311 g/mol. The number of halogens is 2. The van der Waals surface area contributed by atoms with Crippen LogP contribution in [-0.2, 0) is 4.74 Å². The van der Waals surface area contributed by atoms with E-state index < -0.39 is 5.54 Å². The third-order valence-electron chi connectivity index (χ3n) is 3.95. The second kappa shape index (κ2) is 5.13. The zero-order valence-electron chi connectivity index (χ0n) is 10.7. The highest BCUT2D eigenvalue weighted by Gasteiger charge is 2.47. The lowest BCUT2D eigenvalue weighted by molar-refractivity contribution is -0.144. The fourth-order valence-electron chi connectivity index (χ4n) is 3.02. The normalized spacial score (nSPS) is 31.4. The van der Waals surface area contributed by atoms with Crippen LogP contribution < -0.4 is 5.73 Å². The predicted molar refractivity (Wildman–Crippen MR) is 75.4 cm³/mol. The summed E-state index contributed by atoms with van der Waals surface area (Å²) >= 11 is 3.31. The Morgan fingerprint density at radius 3 is 2.68 bits per heavy atom. The van der Waals surface area contributed by atoms with Gasteiger partial charge in [-0.25, -0.2) is 4.39 Å². The molecule has 2 heterocycles. The molecular formula is C14H18BrFN2O. The molecule has 1 aromatic rings. The van der Waals surface area contributed by atoms with Gasteiger partial charge in [0.1, 0.15) is 11.9 Å². The number of hydrogen-bond donors (Lipinski definition) is 1. The van der Waals surface area contributed by atoms with Gasteiger partial charge in [0.2, 0.25) is 0 Å². The van der Waals surface area contributed by atoms with Crippen LogP contribution in [0.2, 0.25) is 0 Å². The third kappa shape index (κ3) is 2.70. The molecule has 2 fully saturated rings. The van der Waals surface area contributed by atoms with E-state index in [1.165, 1.54) is 25.0 Å². The lowest BCUT2D eigenvalue weighted by Gasteiger charge is -2.48. The Labute approximate surface area is 121 Å². The van der Waals surface area contributed by atoms with Crippen LogP contribution in [0.1, 0.15) is 24.5 Å². The molecule has 0 aliphatic carbocycles. The SMILES string of the molecule is NC1(CN2CCCC2)COC1c1cc(F)cc(Br)c1. The van der Waals surface area contributed by atoms with Crippen LogP contribution in [0, 0.1) is 5.82 Å². The van der Waals surface area contributed by atoms with Crippen molar-refractivity contribution in [1.29, 1.82) is 0 Å². The van der Waals surface area contributed by atoms with Gasteiger partial charge < -0.3 is 15.4 Å². The zero-order valence-corrected chi connectivity index (χ0v) is 12.3. The molecule has 3 rings (SSSR count). The Bertz CT molecular complexity index is 458. The first kappa shape index (κ1) is 13.5. The first-order valence-corrected chi connectivity index (χ1v) is 7.45. The minimum Gasteiger partial charge on any atom is -0.369 e. The molecule has 5 heteroatoms. The van der Waals surface area contributed by atoms with Crippen LogP contribution >= 0.6 is 15.9 Å². The molecule has 2 aliphatic heterocycles. The molecule has 2 saturated heterocycles. The maximum atomic E-state index is 13.5. The average Bonchev–Trinajstić information content (AvgIpc) is 2.79. The van der Waals surface area contributed by atoms with Gasteiger partial charge in [0.05, 0.1) is 12.1 Å². The molecule has 0 spiro atoms. The van der Waals surface area contributed by atoms with Crippen LogP contribution in [0.25, 0.3) is 0 Å². The van der Waals surface area contributed by atoms with E-state index in [0.717, 1.165) is 29.7 Å². The molecule has 2 aliphatic rings. The van der Waals surface area contributed by atoms with Crippen molar-refractivity contribution in [3.8, 4) is 0 Å². The van der Waals surface area contributed by atoms with Crippen molar-refractivity contribution in [3.63, 3.8) is 0 Å². The van der Waals surface area contributed by atoms with Crippen LogP contribution in [0.4, 0.5) is 4.39 Å². The topological polar surface area (TPSA) is 38.5 Å². The fourth-order valence-corrected chi connectivity index (χ4v) is 3.50. The number of nitrogens with zero attached hydrogens (tertiary/aromatic N) is 1. The quantitative estimate of drug-likeness (QED) is 0.926. The summed E-state index contributed by atoms with van der Waals surface area (Å²) in [6, 6.07) is 4.85. The van der Waals surface area contributed by atoms with Crippen molar-refractivity contribution in [1.82, 2.24) is 4.90 Å². The lowest BCUT2D eigenvalue weighted by atomic mass is 9.83. The average molecular weight is 329 g/mol. The number of nitrogens with two attached hydrogens (primary N) is 1. The van der Waals surface area contributed by atoms with Gasteiger partial charge in [-0.3, -0.25) is 0 Å². The highest BCUT2D eigenvalue weighted by atomic mass is 79.9. The van der Waals surface area contributed by atoms with E-state index in [2.05, 4.69) is 20.8 Å². The lowest BCUT2D eigenvalue weighted by Crippen LogP contribution is -2.64. The van der Waals surface area contributed by atoms with Crippen LogP contribution in [-0.4, -0.2) is 36.7 Å². The maximum absolute atomic E-state index is 13.5. The third-order valence-corrected chi connectivity index (χ3v) is 4.40. The monoisotopic (exact) mass is 328 g/mol. The molecule has 104 valence electrons. The largest absolute Gasteiger partial charge is 0.369 e. The van der Waals surface area contributed by atoms with Gasteiger partial charge >= 0.3 is 0 Å². The van der Waals surface area contributed by atoms with Gasteiger partial charge in [-0.1, -0.05) is 15.9 Å². The molecule has 1 aromatic carbocycles. The van der Waals surface area contributed by atoms with Gasteiger partial charge in [-0.2, -0.15) is 0 Å². The van der Waals surface area contributed by atoms with Crippen molar-refractivity contribution in [2.45, 2.75) is 24.5 Å². The maximum Gasteiger partial charge on any atom is 0.124 e. The van der Waals surface area contributed by atoms with Gasteiger partial charge in [-0.05, 0) is 49.7 Å². The van der Waals surface area contributed by atoms with Crippen molar-refractivity contribution in [2.24, 2.45) is 5.73 Å². The second-order valence-corrected chi connectivity index (χ2v) is 6.53. The van der Waals surface area contributed by atoms with Crippen LogP contribution in [0.3, 0.4) is 0 Å². The van der Waals surface area contributed by atoms with E-state index >= 15 is 0 Å². The molecule has 0 aromatic heterocycles. The summed E-state index contributed by atoms with van der Waals surface area (Å²) in [5.74, 6) is -0.261. The summed E-state index contributed by atoms with van der Waals surface area (Å²) in [5.41, 5.74) is 6.88. The molecule has 19 heavy (non-hydrogen) atoms. The molecule has 2 atom stereocenters. The minimum atomic E-state index is -0.391. The second-order valence-electron chi connectivity index (χ2n) is 5.61. The first-order valence-electron chi connectivity index (χ1n) is 6.66. The summed E-state index contributed by atoms with van der Waals surface area (Å²) in [6.45, 7) is 3.59. The van der Waals surface area contributed by atoms with Gasteiger partial charge in [0.15, 0.2) is 0 Å². The Morgan fingerprint density at radius 1 is 1.37 bits per heavy atom. The standard InChI is InChI=1S/C14H18BrFN2O/c15-11-5-10(6-12(16)7-11)13-14(17,9-19-13)8-18-3-1-2-4-18/h5-7,13H,1-4,8-9,17H2. The summed E-state index contributed by atoms with van der Waals surface area (Å²) in [5, 5.41) is 0. The number of ether oxygens (including phenoxy) is 1. The molecule has 2 N–H and O–H groups in total. The number of hydrogen-bond acceptors (Lipinski definition) is 3. The van der Waals surface area contributed by atoms with E-state index in [9.17, 15) is 4.39 Å². The number of rotatable bonds is 3. The smallest absolute Gasteiger partial charge is 0.124 e. The summed E-state index contributed by atoms with van der Waals surface area (Å²) in [6.07, 6.45) is 2.28. The molecule has 0 saturated carbocycles. The Morgan fingerprint density at radius 2 is 2.11 bits per heavy atom. The molecule has 3 nitrogen and oxygen atoms in total. The van der Waals surface area contributed by atoms with E-state index in [-0.39, 0.29) is 11.9 Å². The van der Waals surface area contributed by atoms with Gasteiger partial charge in [-0.15, -0.1) is 0 Å². The van der Waals surface area contributed by atoms with Crippen molar-refractivity contribution in [3.05, 3.63) is 34.1 Å². The Balaban J connectivity index is 1.76. The molecule has 0 amide bonds. The fraction of sp³-hybridized carbons (Fsp3) is 0.571. The summed E-state index contributed by atoms with van der Waals surface area (Å²) in [4.78, 5) is 2.38. The number of likely N-dealkylation sites (tertiary alicyclic amines) is 1. The van der Waals surface area contributed by atoms with E-state index in [0.29, 0.717) is 6.61 Å². The van der Waals surface area contributed by atoms with Crippen LogP contribution in [0.5, 0.6) is 0 Å². The van der Waals surface area contributed by atoms with Gasteiger partial charge in [0.25, 0.3) is 0 Å². The number of benzene rings is 1. The molecule has 0 radical (unpaired) electrons. The summed E-state index contributed by atoms with van der Waals surface area (Å²) < 4.78 is 19.8. The van der Waals surface area contributed by atoms with Gasteiger partial charge in [0, 0.05) is 11.0 Å². The van der Waals surface area contributed by atoms with Crippen LogP contribution in [0.15, 0.2) is 22.7 Å². The Hall–Kier alpha value is -0.490. The van der Waals surface area contributed by atoms with Crippen molar-refractivity contribution < 1.29 is 9.13 Å². The highest BCUT2D eigenvalue weighted by molar-refractivity contribution is 9.10. The van der Waals surface area contributed by atoms with E-state index in [1.54, 1.807) is 0 Å². The first-order chi connectivity index (χ1) is 9.07. The van der Waals surface area contributed by atoms with E-state index in [1.807, 2.05) is 6.07 Å². The molecule has 2 unspecified atom stereocenters. The molecule has 0 bridgehead atoms.